The number of hydrogen-bond donors (Lipinski definition) is 1. The molecule has 0 aromatic rings. The molecule has 0 saturated heterocycles. The summed E-state index contributed by atoms with van der Waals surface area (Å²) in [5.41, 5.74) is -0.249. The summed E-state index contributed by atoms with van der Waals surface area (Å²) in [6.07, 6.45) is 6.22. The summed E-state index contributed by atoms with van der Waals surface area (Å²) in [6.45, 7) is -0.299. The number of halogens is 1. The van der Waals surface area contributed by atoms with Crippen molar-refractivity contribution >= 4 is 17.4 Å². The molecule has 4 atom stereocenters. The lowest BCUT2D eigenvalue weighted by atomic mass is 9.48. The second-order valence-corrected chi connectivity index (χ2v) is 6.78. The Kier molecular flexibility index (Phi) is 2.01. The molecule has 2 nitrogen and oxygen atoms in total. The summed E-state index contributed by atoms with van der Waals surface area (Å²) < 4.78 is 0. The van der Waals surface area contributed by atoms with Crippen LogP contribution in [-0.4, -0.2) is 22.4 Å². The first-order valence-electron chi connectivity index (χ1n) is 5.88. The number of aliphatic hydroxyl groups excluding tert-OH is 1. The lowest BCUT2D eigenvalue weighted by Crippen LogP contribution is -2.56. The van der Waals surface area contributed by atoms with E-state index >= 15 is 0 Å². The third-order valence-corrected chi connectivity index (χ3v) is 5.17. The number of Topliss-reactive ketones (excluding diaryl/α,β-unsaturated/α-hetero) is 1. The highest BCUT2D eigenvalue weighted by Crippen LogP contribution is 2.63. The molecule has 84 valence electrons. The van der Waals surface area contributed by atoms with E-state index in [4.69, 9.17) is 16.7 Å². The van der Waals surface area contributed by atoms with Gasteiger partial charge in [0.25, 0.3) is 0 Å². The van der Waals surface area contributed by atoms with E-state index in [9.17, 15) is 4.79 Å². The SMILES string of the molecule is O=C(CO)C12C[C@@H]3C[C@@H](CC(Cl)(C3)C1)C2. The van der Waals surface area contributed by atoms with Gasteiger partial charge < -0.3 is 5.11 Å². The molecular weight excluding hydrogens is 212 g/mol. The smallest absolute Gasteiger partial charge is 0.164 e. The highest BCUT2D eigenvalue weighted by molar-refractivity contribution is 6.24. The maximum absolute atomic E-state index is 11.9. The largest absolute Gasteiger partial charge is 0.389 e. The van der Waals surface area contributed by atoms with E-state index in [0.29, 0.717) is 11.8 Å². The Labute approximate surface area is 95.0 Å². The van der Waals surface area contributed by atoms with Gasteiger partial charge in [-0.2, -0.15) is 0 Å². The molecule has 4 aliphatic rings. The number of rotatable bonds is 2. The van der Waals surface area contributed by atoms with Gasteiger partial charge in [0.05, 0.1) is 0 Å². The fourth-order valence-corrected chi connectivity index (χ4v) is 5.34. The monoisotopic (exact) mass is 228 g/mol. The highest BCUT2D eigenvalue weighted by Gasteiger charge is 2.59. The lowest BCUT2D eigenvalue weighted by molar-refractivity contribution is -0.145. The minimum Gasteiger partial charge on any atom is -0.389 e. The molecule has 4 rings (SSSR count). The Bertz CT molecular complexity index is 299. The van der Waals surface area contributed by atoms with Crippen molar-refractivity contribution in [2.24, 2.45) is 17.3 Å². The van der Waals surface area contributed by atoms with Crippen LogP contribution in [0, 0.1) is 17.3 Å². The average molecular weight is 229 g/mol. The van der Waals surface area contributed by atoms with Crippen LogP contribution in [0.15, 0.2) is 0 Å². The molecule has 0 amide bonds. The van der Waals surface area contributed by atoms with E-state index < -0.39 is 0 Å². The Morgan fingerprint density at radius 2 is 1.87 bits per heavy atom. The first-order valence-corrected chi connectivity index (χ1v) is 6.26. The Morgan fingerprint density at radius 1 is 1.27 bits per heavy atom. The van der Waals surface area contributed by atoms with Crippen molar-refractivity contribution in [1.29, 1.82) is 0 Å². The second-order valence-electron chi connectivity index (χ2n) is 5.97. The molecule has 0 aromatic heterocycles. The van der Waals surface area contributed by atoms with E-state index in [2.05, 4.69) is 0 Å². The summed E-state index contributed by atoms with van der Waals surface area (Å²) in [6, 6.07) is 0. The Balaban J connectivity index is 1.96. The van der Waals surface area contributed by atoms with Gasteiger partial charge in [-0.25, -0.2) is 0 Å². The van der Waals surface area contributed by atoms with Crippen molar-refractivity contribution < 1.29 is 9.90 Å². The number of carbonyl (C=O) groups is 1. The van der Waals surface area contributed by atoms with Crippen LogP contribution < -0.4 is 0 Å². The van der Waals surface area contributed by atoms with Crippen molar-refractivity contribution in [2.45, 2.75) is 43.4 Å². The van der Waals surface area contributed by atoms with Crippen molar-refractivity contribution in [3.05, 3.63) is 0 Å². The zero-order valence-corrected chi connectivity index (χ0v) is 9.59. The Hall–Kier alpha value is -0.0800. The number of aliphatic hydroxyl groups is 1. The quantitative estimate of drug-likeness (QED) is 0.736. The first-order chi connectivity index (χ1) is 7.05. The molecule has 0 aromatic carbocycles. The second kappa shape index (κ2) is 2.98. The number of carbonyl (C=O) groups excluding carboxylic acids is 1. The highest BCUT2D eigenvalue weighted by atomic mass is 35.5. The molecule has 2 unspecified atom stereocenters. The van der Waals surface area contributed by atoms with Crippen molar-refractivity contribution in [1.82, 2.24) is 0 Å². The van der Waals surface area contributed by atoms with E-state index in [-0.39, 0.29) is 22.7 Å². The van der Waals surface area contributed by atoms with Crippen molar-refractivity contribution in [3.8, 4) is 0 Å². The average Bonchev–Trinajstić information content (AvgIpc) is 2.12. The number of ketones is 1. The summed E-state index contributed by atoms with van der Waals surface area (Å²) in [5.74, 6) is 1.32. The molecular formula is C12H17ClO2. The summed E-state index contributed by atoms with van der Waals surface area (Å²) in [4.78, 5) is 11.8. The van der Waals surface area contributed by atoms with E-state index in [1.54, 1.807) is 0 Å². The van der Waals surface area contributed by atoms with Gasteiger partial charge in [0.15, 0.2) is 5.78 Å². The summed E-state index contributed by atoms with van der Waals surface area (Å²) in [5, 5.41) is 9.09. The molecule has 1 N–H and O–H groups in total. The number of alkyl halides is 1. The zero-order valence-electron chi connectivity index (χ0n) is 8.84. The molecule has 15 heavy (non-hydrogen) atoms. The Morgan fingerprint density at radius 3 is 2.33 bits per heavy atom. The van der Waals surface area contributed by atoms with Gasteiger partial charge in [0, 0.05) is 10.3 Å². The first kappa shape index (κ1) is 10.1. The van der Waals surface area contributed by atoms with Crippen LogP contribution in [0.2, 0.25) is 0 Å². The standard InChI is InChI=1S/C12H17ClO2/c13-12-4-8-1-9(5-12)3-11(2-8,7-12)10(15)6-14/h8-9,14H,1-7H2/t8-,9+,11?,12?. The van der Waals surface area contributed by atoms with Crippen LogP contribution in [0.3, 0.4) is 0 Å². The molecule has 4 saturated carbocycles. The summed E-state index contributed by atoms with van der Waals surface area (Å²) in [7, 11) is 0. The van der Waals surface area contributed by atoms with Crippen LogP contribution in [-0.2, 0) is 4.79 Å². The van der Waals surface area contributed by atoms with Crippen LogP contribution >= 0.6 is 11.6 Å². The van der Waals surface area contributed by atoms with Crippen LogP contribution in [0.5, 0.6) is 0 Å². The van der Waals surface area contributed by atoms with Crippen LogP contribution in [0.1, 0.15) is 38.5 Å². The van der Waals surface area contributed by atoms with Gasteiger partial charge in [0.2, 0.25) is 0 Å². The van der Waals surface area contributed by atoms with Gasteiger partial charge in [-0.1, -0.05) is 0 Å². The molecule has 4 bridgehead atoms. The lowest BCUT2D eigenvalue weighted by Gasteiger charge is -2.59. The molecule has 0 heterocycles. The van der Waals surface area contributed by atoms with E-state index in [0.717, 1.165) is 32.1 Å². The molecule has 4 aliphatic carbocycles. The molecule has 0 radical (unpaired) electrons. The number of hydrogen-bond acceptors (Lipinski definition) is 2. The minimum absolute atomic E-state index is 0.0432. The predicted octanol–water partition coefficient (Wildman–Crippen LogP) is 2.13. The van der Waals surface area contributed by atoms with Crippen molar-refractivity contribution in [3.63, 3.8) is 0 Å². The van der Waals surface area contributed by atoms with Crippen molar-refractivity contribution in [2.75, 3.05) is 6.61 Å². The molecule has 3 heteroatoms. The zero-order chi connectivity index (χ0) is 10.7. The fourth-order valence-electron chi connectivity index (χ4n) is 4.64. The van der Waals surface area contributed by atoms with Crippen LogP contribution in [0.25, 0.3) is 0 Å². The third-order valence-electron chi connectivity index (χ3n) is 4.72. The van der Waals surface area contributed by atoms with E-state index in [1.165, 1.54) is 6.42 Å². The minimum atomic E-state index is -0.299. The molecule has 0 aliphatic heterocycles. The molecule has 4 fully saturated rings. The van der Waals surface area contributed by atoms with E-state index in [1.807, 2.05) is 0 Å². The maximum atomic E-state index is 11.9. The van der Waals surface area contributed by atoms with Crippen LogP contribution in [0.4, 0.5) is 0 Å². The maximum Gasteiger partial charge on any atom is 0.164 e. The van der Waals surface area contributed by atoms with Gasteiger partial charge >= 0.3 is 0 Å². The predicted molar refractivity (Wildman–Crippen MR) is 57.8 cm³/mol. The van der Waals surface area contributed by atoms with Gasteiger partial charge in [-0.05, 0) is 50.4 Å². The van der Waals surface area contributed by atoms with Gasteiger partial charge in [0.1, 0.15) is 6.61 Å². The summed E-state index contributed by atoms with van der Waals surface area (Å²) >= 11 is 6.59. The van der Waals surface area contributed by atoms with Gasteiger partial charge in [-0.3, -0.25) is 4.79 Å². The molecule has 0 spiro atoms. The fraction of sp³-hybridized carbons (Fsp3) is 0.917. The van der Waals surface area contributed by atoms with Gasteiger partial charge in [-0.15, -0.1) is 11.6 Å². The normalized spacial score (nSPS) is 52.1. The third kappa shape index (κ3) is 1.38. The topological polar surface area (TPSA) is 37.3 Å².